The van der Waals surface area contributed by atoms with Gasteiger partial charge < -0.3 is 9.42 Å². The SMILES string of the molecule is Cc1noc(C(C)N(C)C(=O)c2cc(-c3ccc(F)cc3)c(C)s2)n1. The van der Waals surface area contributed by atoms with Crippen LogP contribution >= 0.6 is 11.3 Å². The second kappa shape index (κ2) is 6.76. The van der Waals surface area contributed by atoms with Gasteiger partial charge in [-0.05, 0) is 50.1 Å². The first-order valence-electron chi connectivity index (χ1n) is 7.80. The zero-order valence-electron chi connectivity index (χ0n) is 14.4. The van der Waals surface area contributed by atoms with E-state index in [1.165, 1.54) is 23.5 Å². The van der Waals surface area contributed by atoms with E-state index in [9.17, 15) is 9.18 Å². The number of benzene rings is 1. The molecule has 5 nitrogen and oxygen atoms in total. The lowest BCUT2D eigenvalue weighted by atomic mass is 10.1. The fourth-order valence-corrected chi connectivity index (χ4v) is 3.53. The van der Waals surface area contributed by atoms with Gasteiger partial charge in [0.25, 0.3) is 5.91 Å². The van der Waals surface area contributed by atoms with Crippen LogP contribution in [-0.2, 0) is 0 Å². The number of thiophene rings is 1. The van der Waals surface area contributed by atoms with Crippen molar-refractivity contribution in [1.29, 1.82) is 0 Å². The molecule has 0 aliphatic carbocycles. The summed E-state index contributed by atoms with van der Waals surface area (Å²) in [4.78, 5) is 20.2. The molecule has 0 radical (unpaired) electrons. The molecule has 130 valence electrons. The van der Waals surface area contributed by atoms with Gasteiger partial charge in [0, 0.05) is 11.9 Å². The third-order valence-electron chi connectivity index (χ3n) is 4.09. The minimum Gasteiger partial charge on any atom is -0.337 e. The van der Waals surface area contributed by atoms with Crippen molar-refractivity contribution in [2.75, 3.05) is 7.05 Å². The summed E-state index contributed by atoms with van der Waals surface area (Å²) >= 11 is 1.42. The van der Waals surface area contributed by atoms with E-state index in [1.807, 2.05) is 19.9 Å². The molecule has 0 N–H and O–H groups in total. The van der Waals surface area contributed by atoms with Gasteiger partial charge in [-0.15, -0.1) is 11.3 Å². The molecule has 1 unspecified atom stereocenters. The first-order chi connectivity index (χ1) is 11.9. The molecule has 1 aromatic carbocycles. The lowest BCUT2D eigenvalue weighted by molar-refractivity contribution is 0.0721. The maximum atomic E-state index is 13.1. The second-order valence-electron chi connectivity index (χ2n) is 5.86. The molecule has 2 heterocycles. The molecule has 0 aliphatic rings. The smallest absolute Gasteiger partial charge is 0.264 e. The molecule has 1 amide bonds. The van der Waals surface area contributed by atoms with E-state index >= 15 is 0 Å². The summed E-state index contributed by atoms with van der Waals surface area (Å²) in [6, 6.07) is 7.78. The van der Waals surface area contributed by atoms with Crippen LogP contribution in [0.5, 0.6) is 0 Å². The Hall–Kier alpha value is -2.54. The third kappa shape index (κ3) is 3.46. The summed E-state index contributed by atoms with van der Waals surface area (Å²) in [5.41, 5.74) is 1.82. The number of aromatic nitrogens is 2. The summed E-state index contributed by atoms with van der Waals surface area (Å²) in [7, 11) is 1.71. The number of carbonyl (C=O) groups excluding carboxylic acids is 1. The van der Waals surface area contributed by atoms with E-state index in [2.05, 4.69) is 10.1 Å². The predicted octanol–water partition coefficient (Wildman–Crippen LogP) is 4.39. The molecule has 1 atom stereocenters. The Bertz CT molecular complexity index is 901. The number of halogens is 1. The summed E-state index contributed by atoms with van der Waals surface area (Å²) in [6.45, 7) is 5.52. The molecular formula is C18H18FN3O2S. The van der Waals surface area contributed by atoms with E-state index in [0.717, 1.165) is 16.0 Å². The number of rotatable bonds is 4. The van der Waals surface area contributed by atoms with Crippen LogP contribution in [0.3, 0.4) is 0 Å². The molecule has 3 aromatic rings. The quantitative estimate of drug-likeness (QED) is 0.693. The predicted molar refractivity (Wildman–Crippen MR) is 94.0 cm³/mol. The van der Waals surface area contributed by atoms with Gasteiger partial charge in [-0.2, -0.15) is 4.98 Å². The minimum atomic E-state index is -0.328. The van der Waals surface area contributed by atoms with Gasteiger partial charge in [0.1, 0.15) is 11.9 Å². The average Bonchev–Trinajstić information content (AvgIpc) is 3.19. The van der Waals surface area contributed by atoms with Gasteiger partial charge >= 0.3 is 0 Å². The maximum absolute atomic E-state index is 13.1. The molecule has 0 bridgehead atoms. The molecule has 0 fully saturated rings. The molecule has 0 saturated heterocycles. The number of hydrogen-bond acceptors (Lipinski definition) is 5. The number of aryl methyl sites for hydroxylation is 2. The van der Waals surface area contributed by atoms with Crippen LogP contribution in [0.4, 0.5) is 4.39 Å². The highest BCUT2D eigenvalue weighted by molar-refractivity contribution is 7.14. The first-order valence-corrected chi connectivity index (χ1v) is 8.62. The van der Waals surface area contributed by atoms with Crippen molar-refractivity contribution in [1.82, 2.24) is 15.0 Å². The van der Waals surface area contributed by atoms with Crippen LogP contribution in [0.1, 0.15) is 39.2 Å². The molecule has 3 rings (SSSR count). The lowest BCUT2D eigenvalue weighted by Gasteiger charge is -2.21. The lowest BCUT2D eigenvalue weighted by Crippen LogP contribution is -2.29. The number of hydrogen-bond donors (Lipinski definition) is 0. The molecule has 7 heteroatoms. The van der Waals surface area contributed by atoms with Crippen molar-refractivity contribution >= 4 is 17.2 Å². The van der Waals surface area contributed by atoms with E-state index in [0.29, 0.717) is 16.6 Å². The topological polar surface area (TPSA) is 59.2 Å². The van der Waals surface area contributed by atoms with E-state index < -0.39 is 0 Å². The Labute approximate surface area is 149 Å². The Morgan fingerprint density at radius 2 is 1.96 bits per heavy atom. The molecule has 2 aromatic heterocycles. The van der Waals surface area contributed by atoms with Crippen LogP contribution in [0, 0.1) is 19.7 Å². The van der Waals surface area contributed by atoms with Gasteiger partial charge in [0.05, 0.1) is 4.88 Å². The summed E-state index contributed by atoms with van der Waals surface area (Å²) in [5.74, 6) is 0.537. The highest BCUT2D eigenvalue weighted by atomic mass is 32.1. The summed E-state index contributed by atoms with van der Waals surface area (Å²) in [6.07, 6.45) is 0. The van der Waals surface area contributed by atoms with E-state index in [-0.39, 0.29) is 17.8 Å². The zero-order chi connectivity index (χ0) is 18.1. The largest absolute Gasteiger partial charge is 0.337 e. The van der Waals surface area contributed by atoms with Crippen molar-refractivity contribution in [2.24, 2.45) is 0 Å². The highest BCUT2D eigenvalue weighted by Crippen LogP contribution is 2.32. The van der Waals surface area contributed by atoms with Crippen molar-refractivity contribution < 1.29 is 13.7 Å². The van der Waals surface area contributed by atoms with Crippen LogP contribution in [0.25, 0.3) is 11.1 Å². The van der Waals surface area contributed by atoms with Crippen LogP contribution in [0.2, 0.25) is 0 Å². The Kier molecular flexibility index (Phi) is 4.67. The van der Waals surface area contributed by atoms with Gasteiger partial charge in [-0.3, -0.25) is 4.79 Å². The Morgan fingerprint density at radius 1 is 1.28 bits per heavy atom. The minimum absolute atomic E-state index is 0.121. The highest BCUT2D eigenvalue weighted by Gasteiger charge is 2.25. The number of amides is 1. The summed E-state index contributed by atoms with van der Waals surface area (Å²) < 4.78 is 18.3. The van der Waals surface area contributed by atoms with Crippen molar-refractivity contribution in [3.63, 3.8) is 0 Å². The van der Waals surface area contributed by atoms with Gasteiger partial charge in [0.2, 0.25) is 5.89 Å². The van der Waals surface area contributed by atoms with Gasteiger partial charge in [-0.1, -0.05) is 17.3 Å². The first kappa shape index (κ1) is 17.3. The van der Waals surface area contributed by atoms with E-state index in [1.54, 1.807) is 31.0 Å². The normalized spacial score (nSPS) is 12.2. The van der Waals surface area contributed by atoms with Gasteiger partial charge in [0.15, 0.2) is 5.82 Å². The number of carbonyl (C=O) groups is 1. The zero-order valence-corrected chi connectivity index (χ0v) is 15.2. The third-order valence-corrected chi connectivity index (χ3v) is 5.12. The van der Waals surface area contributed by atoms with Crippen molar-refractivity contribution in [3.8, 4) is 11.1 Å². The van der Waals surface area contributed by atoms with Gasteiger partial charge in [-0.25, -0.2) is 4.39 Å². The van der Waals surface area contributed by atoms with Crippen LogP contribution in [0.15, 0.2) is 34.9 Å². The van der Waals surface area contributed by atoms with Crippen LogP contribution < -0.4 is 0 Å². The molecule has 0 aliphatic heterocycles. The fraction of sp³-hybridized carbons (Fsp3) is 0.278. The standard InChI is InChI=1S/C18H18FN3O2S/c1-10(17-20-12(3)21-24-17)22(4)18(23)16-9-15(11(2)25-16)13-5-7-14(19)8-6-13/h5-10H,1-4H3. The average molecular weight is 359 g/mol. The fourth-order valence-electron chi connectivity index (χ4n) is 2.50. The Morgan fingerprint density at radius 3 is 2.56 bits per heavy atom. The van der Waals surface area contributed by atoms with Crippen molar-refractivity contribution in [3.05, 3.63) is 57.6 Å². The van der Waals surface area contributed by atoms with E-state index in [4.69, 9.17) is 4.52 Å². The number of nitrogens with zero attached hydrogens (tertiary/aromatic N) is 3. The summed E-state index contributed by atoms with van der Waals surface area (Å²) in [5, 5.41) is 3.77. The Balaban J connectivity index is 1.85. The second-order valence-corrected chi connectivity index (χ2v) is 7.12. The van der Waals surface area contributed by atoms with Crippen LogP contribution in [-0.4, -0.2) is 28.0 Å². The molecule has 0 spiro atoms. The molecular weight excluding hydrogens is 341 g/mol. The molecule has 25 heavy (non-hydrogen) atoms. The monoisotopic (exact) mass is 359 g/mol. The maximum Gasteiger partial charge on any atom is 0.264 e. The van der Waals surface area contributed by atoms with Crippen molar-refractivity contribution in [2.45, 2.75) is 26.8 Å². The molecule has 0 saturated carbocycles.